The highest BCUT2D eigenvalue weighted by atomic mass is 32.1. The van der Waals surface area contributed by atoms with Crippen LogP contribution in [0.15, 0.2) is 23.6 Å². The molecule has 0 saturated heterocycles. The van der Waals surface area contributed by atoms with E-state index >= 15 is 0 Å². The van der Waals surface area contributed by atoms with Crippen LogP contribution in [-0.2, 0) is 4.79 Å². The summed E-state index contributed by atoms with van der Waals surface area (Å²) in [4.78, 5) is 12.5. The van der Waals surface area contributed by atoms with Crippen LogP contribution in [0.2, 0.25) is 0 Å². The fraction of sp³-hybridized carbons (Fsp3) is 0.462. The summed E-state index contributed by atoms with van der Waals surface area (Å²) in [6.45, 7) is 5.16. The van der Waals surface area contributed by atoms with E-state index in [9.17, 15) is 4.79 Å². The third-order valence-electron chi connectivity index (χ3n) is 2.20. The molecule has 1 aromatic heterocycles. The topological polar surface area (TPSA) is 29.1 Å². The average molecular weight is 237 g/mol. The molecule has 88 valence electrons. The minimum absolute atomic E-state index is 0.00263. The van der Waals surface area contributed by atoms with Crippen molar-refractivity contribution in [2.45, 2.75) is 26.7 Å². The van der Waals surface area contributed by atoms with Gasteiger partial charge in [0.2, 0.25) is 5.91 Å². The Balaban J connectivity index is 2.16. The van der Waals surface area contributed by atoms with Crippen LogP contribution in [0.3, 0.4) is 0 Å². The van der Waals surface area contributed by atoms with E-state index < -0.39 is 0 Å². The first-order valence-corrected chi connectivity index (χ1v) is 6.56. The fourth-order valence-electron chi connectivity index (χ4n) is 1.32. The lowest BCUT2D eigenvalue weighted by Gasteiger charge is -2.04. The largest absolute Gasteiger partial charge is 0.353 e. The molecule has 0 atom stereocenters. The molecule has 1 rings (SSSR count). The molecule has 1 amide bonds. The second-order valence-electron chi connectivity index (χ2n) is 4.18. The van der Waals surface area contributed by atoms with Crippen molar-refractivity contribution < 1.29 is 4.79 Å². The number of rotatable bonds is 6. The Morgan fingerprint density at radius 3 is 3.00 bits per heavy atom. The Morgan fingerprint density at radius 2 is 2.38 bits per heavy atom. The van der Waals surface area contributed by atoms with E-state index in [4.69, 9.17) is 0 Å². The summed E-state index contributed by atoms with van der Waals surface area (Å²) in [7, 11) is 0. The molecule has 2 nitrogen and oxygen atoms in total. The highest BCUT2D eigenvalue weighted by molar-refractivity contribution is 7.10. The molecule has 1 N–H and O–H groups in total. The van der Waals surface area contributed by atoms with Gasteiger partial charge in [-0.3, -0.25) is 4.79 Å². The molecule has 0 aliphatic carbocycles. The van der Waals surface area contributed by atoms with Crippen molar-refractivity contribution in [3.05, 3.63) is 28.5 Å². The van der Waals surface area contributed by atoms with Crippen LogP contribution in [0.1, 0.15) is 31.6 Å². The van der Waals surface area contributed by atoms with Crippen molar-refractivity contribution in [1.82, 2.24) is 5.32 Å². The van der Waals surface area contributed by atoms with Gasteiger partial charge in [-0.15, -0.1) is 11.3 Å². The third kappa shape index (κ3) is 5.71. The van der Waals surface area contributed by atoms with E-state index in [0.29, 0.717) is 5.92 Å². The van der Waals surface area contributed by atoms with Gasteiger partial charge < -0.3 is 5.32 Å². The SMILES string of the molecule is CC(C)CCCNC(=O)/C=C/c1cccs1. The Morgan fingerprint density at radius 1 is 1.56 bits per heavy atom. The minimum Gasteiger partial charge on any atom is -0.353 e. The van der Waals surface area contributed by atoms with E-state index in [-0.39, 0.29) is 5.91 Å². The predicted octanol–water partition coefficient (Wildman–Crippen LogP) is 3.31. The van der Waals surface area contributed by atoms with Gasteiger partial charge in [0.25, 0.3) is 0 Å². The van der Waals surface area contributed by atoms with Crippen LogP contribution in [0.4, 0.5) is 0 Å². The van der Waals surface area contributed by atoms with Gasteiger partial charge in [-0.05, 0) is 36.3 Å². The Bertz CT molecular complexity index is 328. The summed E-state index contributed by atoms with van der Waals surface area (Å²) in [6, 6.07) is 3.97. The van der Waals surface area contributed by atoms with Crippen LogP contribution >= 0.6 is 11.3 Å². The highest BCUT2D eigenvalue weighted by Gasteiger charge is 1.96. The fourth-order valence-corrected chi connectivity index (χ4v) is 1.94. The average Bonchev–Trinajstić information content (AvgIpc) is 2.74. The monoisotopic (exact) mass is 237 g/mol. The zero-order valence-corrected chi connectivity index (χ0v) is 10.7. The molecule has 0 bridgehead atoms. The van der Waals surface area contributed by atoms with Crippen LogP contribution in [0, 0.1) is 5.92 Å². The summed E-state index contributed by atoms with van der Waals surface area (Å²) in [5.41, 5.74) is 0. The van der Waals surface area contributed by atoms with Crippen molar-refractivity contribution in [3.63, 3.8) is 0 Å². The zero-order chi connectivity index (χ0) is 11.8. The van der Waals surface area contributed by atoms with Crippen LogP contribution < -0.4 is 5.32 Å². The molecule has 0 aliphatic rings. The highest BCUT2D eigenvalue weighted by Crippen LogP contribution is 2.09. The first-order valence-electron chi connectivity index (χ1n) is 5.68. The molecule has 0 fully saturated rings. The lowest BCUT2D eigenvalue weighted by atomic mass is 10.1. The van der Waals surface area contributed by atoms with E-state index in [1.807, 2.05) is 23.6 Å². The molecule has 3 heteroatoms. The molecular formula is C13H19NOS. The van der Waals surface area contributed by atoms with Crippen molar-refractivity contribution in [1.29, 1.82) is 0 Å². The lowest BCUT2D eigenvalue weighted by Crippen LogP contribution is -2.22. The normalized spacial score (nSPS) is 11.2. The Labute approximate surface area is 101 Å². The van der Waals surface area contributed by atoms with E-state index in [1.165, 1.54) is 0 Å². The van der Waals surface area contributed by atoms with Gasteiger partial charge in [0.1, 0.15) is 0 Å². The third-order valence-corrected chi connectivity index (χ3v) is 3.04. The van der Waals surface area contributed by atoms with Gasteiger partial charge in [-0.25, -0.2) is 0 Å². The summed E-state index contributed by atoms with van der Waals surface area (Å²) in [5.74, 6) is 0.704. The maximum Gasteiger partial charge on any atom is 0.244 e. The molecule has 0 radical (unpaired) electrons. The van der Waals surface area contributed by atoms with Gasteiger partial charge in [-0.2, -0.15) is 0 Å². The van der Waals surface area contributed by atoms with E-state index in [1.54, 1.807) is 17.4 Å². The number of hydrogen-bond acceptors (Lipinski definition) is 2. The number of thiophene rings is 1. The second kappa shape index (κ2) is 7.23. The molecule has 0 aliphatic heterocycles. The Hall–Kier alpha value is -1.09. The zero-order valence-electron chi connectivity index (χ0n) is 9.90. The maximum absolute atomic E-state index is 11.4. The van der Waals surface area contributed by atoms with Crippen molar-refractivity contribution in [2.75, 3.05) is 6.54 Å². The first kappa shape index (κ1) is 13.0. The van der Waals surface area contributed by atoms with Gasteiger partial charge >= 0.3 is 0 Å². The molecule has 0 aromatic carbocycles. The summed E-state index contributed by atoms with van der Waals surface area (Å²) in [5, 5.41) is 4.88. The van der Waals surface area contributed by atoms with Gasteiger partial charge in [0.15, 0.2) is 0 Å². The summed E-state index contributed by atoms with van der Waals surface area (Å²) in [6.07, 6.45) is 5.66. The standard InChI is InChI=1S/C13H19NOS/c1-11(2)5-3-9-14-13(15)8-7-12-6-4-10-16-12/h4,6-8,10-11H,3,5,9H2,1-2H3,(H,14,15)/b8-7+. The first-order chi connectivity index (χ1) is 7.68. The minimum atomic E-state index is -0.00263. The number of nitrogens with one attached hydrogen (secondary N) is 1. The quantitative estimate of drug-likeness (QED) is 0.597. The molecule has 16 heavy (non-hydrogen) atoms. The number of amides is 1. The molecule has 0 saturated carbocycles. The van der Waals surface area contributed by atoms with E-state index in [0.717, 1.165) is 24.3 Å². The van der Waals surface area contributed by atoms with Gasteiger partial charge in [-0.1, -0.05) is 19.9 Å². The second-order valence-corrected chi connectivity index (χ2v) is 5.16. The molecule has 0 spiro atoms. The van der Waals surface area contributed by atoms with Gasteiger partial charge in [0, 0.05) is 17.5 Å². The number of carbonyl (C=O) groups is 1. The summed E-state index contributed by atoms with van der Waals surface area (Å²) < 4.78 is 0. The predicted molar refractivity (Wildman–Crippen MR) is 70.4 cm³/mol. The molecule has 0 unspecified atom stereocenters. The summed E-state index contributed by atoms with van der Waals surface area (Å²) >= 11 is 1.63. The van der Waals surface area contributed by atoms with Crippen molar-refractivity contribution in [2.24, 2.45) is 5.92 Å². The Kier molecular flexibility index (Phi) is 5.86. The van der Waals surface area contributed by atoms with Crippen molar-refractivity contribution in [3.8, 4) is 0 Å². The van der Waals surface area contributed by atoms with Gasteiger partial charge in [0.05, 0.1) is 0 Å². The lowest BCUT2D eigenvalue weighted by molar-refractivity contribution is -0.116. The van der Waals surface area contributed by atoms with Crippen LogP contribution in [0.5, 0.6) is 0 Å². The smallest absolute Gasteiger partial charge is 0.244 e. The molecular weight excluding hydrogens is 218 g/mol. The van der Waals surface area contributed by atoms with Crippen molar-refractivity contribution >= 4 is 23.3 Å². The van der Waals surface area contributed by atoms with Crippen LogP contribution in [0.25, 0.3) is 6.08 Å². The maximum atomic E-state index is 11.4. The number of carbonyl (C=O) groups excluding carboxylic acids is 1. The van der Waals surface area contributed by atoms with Crippen LogP contribution in [-0.4, -0.2) is 12.5 Å². The van der Waals surface area contributed by atoms with E-state index in [2.05, 4.69) is 19.2 Å². The molecule has 1 aromatic rings. The number of hydrogen-bond donors (Lipinski definition) is 1. The molecule has 1 heterocycles.